The first-order valence-corrected chi connectivity index (χ1v) is 3.77. The van der Waals surface area contributed by atoms with Gasteiger partial charge < -0.3 is 4.90 Å². The summed E-state index contributed by atoms with van der Waals surface area (Å²) in [5.74, 6) is 0.471. The minimum absolute atomic E-state index is 0.422. The van der Waals surface area contributed by atoms with Gasteiger partial charge in [-0.1, -0.05) is 13.8 Å². The highest BCUT2D eigenvalue weighted by molar-refractivity contribution is 5.46. The van der Waals surface area contributed by atoms with Gasteiger partial charge in [-0.2, -0.15) is 5.26 Å². The zero-order chi connectivity index (χ0) is 8.69. The van der Waals surface area contributed by atoms with Crippen LogP contribution in [0.2, 0.25) is 0 Å². The first-order chi connectivity index (χ1) is 5.20. The molecule has 3 heteroatoms. The predicted molar refractivity (Wildman–Crippen MR) is 42.7 cm³/mol. The second-order valence-electron chi connectivity index (χ2n) is 2.90. The summed E-state index contributed by atoms with van der Waals surface area (Å²) in [4.78, 5) is 12.0. The second kappa shape index (κ2) is 5.72. The van der Waals surface area contributed by atoms with Gasteiger partial charge in [0.2, 0.25) is 6.41 Å². The zero-order valence-corrected chi connectivity index (χ0v) is 7.08. The van der Waals surface area contributed by atoms with Crippen molar-refractivity contribution in [3.05, 3.63) is 0 Å². The molecule has 1 amide bonds. The molecular formula is C8H14N2O. The van der Waals surface area contributed by atoms with Crippen molar-refractivity contribution in [2.75, 3.05) is 13.1 Å². The fourth-order valence-corrected chi connectivity index (χ4v) is 0.850. The Labute approximate surface area is 67.6 Å². The van der Waals surface area contributed by atoms with Gasteiger partial charge in [0.1, 0.15) is 0 Å². The molecule has 0 saturated carbocycles. The van der Waals surface area contributed by atoms with Crippen LogP contribution in [-0.4, -0.2) is 24.4 Å². The molecule has 0 aromatic heterocycles. The lowest BCUT2D eigenvalue weighted by Gasteiger charge is -2.17. The molecule has 0 atom stereocenters. The molecule has 0 heterocycles. The summed E-state index contributed by atoms with van der Waals surface area (Å²) in [6, 6.07) is 2.01. The van der Waals surface area contributed by atoms with Crippen LogP contribution in [0.25, 0.3) is 0 Å². The van der Waals surface area contributed by atoms with E-state index in [0.717, 1.165) is 13.0 Å². The van der Waals surface area contributed by atoms with Crippen molar-refractivity contribution in [2.45, 2.75) is 20.3 Å². The average Bonchev–Trinajstić information content (AvgIpc) is 1.97. The number of amides is 1. The summed E-state index contributed by atoms with van der Waals surface area (Å²) in [6.45, 7) is 5.38. The molecule has 0 unspecified atom stereocenters. The Morgan fingerprint density at radius 1 is 1.64 bits per heavy atom. The van der Waals surface area contributed by atoms with Crippen LogP contribution in [0.5, 0.6) is 0 Å². The van der Waals surface area contributed by atoms with Crippen molar-refractivity contribution in [1.82, 2.24) is 4.90 Å². The van der Waals surface area contributed by atoms with E-state index in [1.165, 1.54) is 0 Å². The van der Waals surface area contributed by atoms with Crippen LogP contribution in [0.3, 0.4) is 0 Å². The fourth-order valence-electron chi connectivity index (χ4n) is 0.850. The highest BCUT2D eigenvalue weighted by Crippen LogP contribution is 1.96. The zero-order valence-electron chi connectivity index (χ0n) is 7.08. The number of carbonyl (C=O) groups excluding carboxylic acids is 1. The largest absolute Gasteiger partial charge is 0.344 e. The Kier molecular flexibility index (Phi) is 5.18. The van der Waals surface area contributed by atoms with Gasteiger partial charge in [-0.3, -0.25) is 4.79 Å². The van der Waals surface area contributed by atoms with Gasteiger partial charge in [0.25, 0.3) is 0 Å². The van der Waals surface area contributed by atoms with E-state index in [4.69, 9.17) is 5.26 Å². The number of rotatable bonds is 5. The van der Waals surface area contributed by atoms with E-state index in [-0.39, 0.29) is 0 Å². The molecule has 0 spiro atoms. The summed E-state index contributed by atoms with van der Waals surface area (Å²) < 4.78 is 0. The summed E-state index contributed by atoms with van der Waals surface area (Å²) in [5.41, 5.74) is 0. The number of nitriles is 1. The molecule has 0 aliphatic rings. The highest BCUT2D eigenvalue weighted by Gasteiger charge is 2.02. The molecule has 0 aromatic rings. The van der Waals surface area contributed by atoms with Crippen molar-refractivity contribution in [1.29, 1.82) is 5.26 Å². The van der Waals surface area contributed by atoms with Gasteiger partial charge in [0.15, 0.2) is 0 Å². The normalized spacial score (nSPS) is 9.27. The van der Waals surface area contributed by atoms with Crippen molar-refractivity contribution < 1.29 is 4.79 Å². The topological polar surface area (TPSA) is 44.1 Å². The number of nitrogens with zero attached hydrogens (tertiary/aromatic N) is 2. The smallest absolute Gasteiger partial charge is 0.209 e. The predicted octanol–water partition coefficient (Wildman–Crippen LogP) is 1.01. The molecule has 11 heavy (non-hydrogen) atoms. The van der Waals surface area contributed by atoms with E-state index in [0.29, 0.717) is 18.9 Å². The van der Waals surface area contributed by atoms with Crippen molar-refractivity contribution in [3.8, 4) is 6.07 Å². The molecule has 0 radical (unpaired) electrons. The highest BCUT2D eigenvalue weighted by atomic mass is 16.1. The number of hydrogen-bond acceptors (Lipinski definition) is 2. The third-order valence-corrected chi connectivity index (χ3v) is 1.26. The van der Waals surface area contributed by atoms with E-state index in [2.05, 4.69) is 0 Å². The van der Waals surface area contributed by atoms with Crippen LogP contribution in [-0.2, 0) is 4.79 Å². The van der Waals surface area contributed by atoms with Crippen LogP contribution in [0.4, 0.5) is 0 Å². The van der Waals surface area contributed by atoms with E-state index in [9.17, 15) is 4.79 Å². The lowest BCUT2D eigenvalue weighted by Crippen LogP contribution is -2.27. The van der Waals surface area contributed by atoms with Crippen molar-refractivity contribution in [2.24, 2.45) is 5.92 Å². The molecule has 0 N–H and O–H groups in total. The third kappa shape index (κ3) is 5.41. The SMILES string of the molecule is CC(C)CN(C=O)CCC#N. The quantitative estimate of drug-likeness (QED) is 0.555. The monoisotopic (exact) mass is 154 g/mol. The van der Waals surface area contributed by atoms with Crippen LogP contribution in [0, 0.1) is 17.2 Å². The third-order valence-electron chi connectivity index (χ3n) is 1.26. The van der Waals surface area contributed by atoms with Gasteiger partial charge in [0.05, 0.1) is 12.5 Å². The standard InChI is InChI=1S/C8H14N2O/c1-8(2)6-10(7-11)5-3-4-9/h7-8H,3,5-6H2,1-2H3. The lowest BCUT2D eigenvalue weighted by molar-refractivity contribution is -0.118. The van der Waals surface area contributed by atoms with Crippen molar-refractivity contribution in [3.63, 3.8) is 0 Å². The van der Waals surface area contributed by atoms with Gasteiger partial charge in [0, 0.05) is 13.1 Å². The van der Waals surface area contributed by atoms with E-state index >= 15 is 0 Å². The molecule has 0 aromatic carbocycles. The molecule has 0 bridgehead atoms. The lowest BCUT2D eigenvalue weighted by atomic mass is 10.2. The molecule has 0 aliphatic carbocycles. The summed E-state index contributed by atoms with van der Waals surface area (Å²) in [6.07, 6.45) is 1.23. The Morgan fingerprint density at radius 3 is 2.64 bits per heavy atom. The molecule has 0 saturated heterocycles. The molecule has 0 fully saturated rings. The summed E-state index contributed by atoms with van der Waals surface area (Å²) in [5, 5.41) is 8.25. The van der Waals surface area contributed by atoms with Crippen LogP contribution < -0.4 is 0 Å². The first kappa shape index (κ1) is 9.96. The minimum Gasteiger partial charge on any atom is -0.344 e. The average molecular weight is 154 g/mol. The van der Waals surface area contributed by atoms with Gasteiger partial charge in [-0.25, -0.2) is 0 Å². The Balaban J connectivity index is 3.59. The summed E-state index contributed by atoms with van der Waals surface area (Å²) in [7, 11) is 0. The number of carbonyl (C=O) groups is 1. The summed E-state index contributed by atoms with van der Waals surface area (Å²) >= 11 is 0. The molecule has 0 aliphatic heterocycles. The van der Waals surface area contributed by atoms with Crippen LogP contribution in [0.15, 0.2) is 0 Å². The fraction of sp³-hybridized carbons (Fsp3) is 0.750. The Bertz CT molecular complexity index is 149. The van der Waals surface area contributed by atoms with Gasteiger partial charge in [-0.15, -0.1) is 0 Å². The van der Waals surface area contributed by atoms with Crippen LogP contribution in [0.1, 0.15) is 20.3 Å². The van der Waals surface area contributed by atoms with E-state index < -0.39 is 0 Å². The minimum atomic E-state index is 0.422. The maximum Gasteiger partial charge on any atom is 0.209 e. The van der Waals surface area contributed by atoms with E-state index in [1.54, 1.807) is 4.90 Å². The Hall–Kier alpha value is -1.04. The van der Waals surface area contributed by atoms with E-state index in [1.807, 2.05) is 19.9 Å². The first-order valence-electron chi connectivity index (χ1n) is 3.77. The van der Waals surface area contributed by atoms with Crippen molar-refractivity contribution >= 4 is 6.41 Å². The maximum atomic E-state index is 10.4. The molecule has 0 rings (SSSR count). The van der Waals surface area contributed by atoms with Gasteiger partial charge in [-0.05, 0) is 5.92 Å². The maximum absolute atomic E-state index is 10.4. The number of hydrogen-bond donors (Lipinski definition) is 0. The van der Waals surface area contributed by atoms with Gasteiger partial charge >= 0.3 is 0 Å². The molecular weight excluding hydrogens is 140 g/mol. The Morgan fingerprint density at radius 2 is 2.27 bits per heavy atom. The molecule has 62 valence electrons. The van der Waals surface area contributed by atoms with Crippen LogP contribution >= 0.6 is 0 Å². The molecule has 3 nitrogen and oxygen atoms in total. The second-order valence-corrected chi connectivity index (χ2v) is 2.90.